The van der Waals surface area contributed by atoms with Gasteiger partial charge < -0.3 is 15.7 Å². The van der Waals surface area contributed by atoms with Crippen LogP contribution in [0, 0.1) is 0 Å². The van der Waals surface area contributed by atoms with E-state index in [9.17, 15) is 14.4 Å². The molecule has 1 atom stereocenters. The zero-order valence-electron chi connectivity index (χ0n) is 12.2. The van der Waals surface area contributed by atoms with Gasteiger partial charge in [0, 0.05) is 23.7 Å². The number of benzene rings is 1. The minimum Gasteiger partial charge on any atom is -0.481 e. The van der Waals surface area contributed by atoms with E-state index in [2.05, 4.69) is 10.6 Å². The van der Waals surface area contributed by atoms with Crippen LogP contribution in [0.2, 0.25) is 0 Å². The molecule has 0 aliphatic carbocycles. The van der Waals surface area contributed by atoms with Crippen LogP contribution in [0.5, 0.6) is 0 Å². The van der Waals surface area contributed by atoms with Crippen molar-refractivity contribution in [3.63, 3.8) is 0 Å². The second kappa shape index (κ2) is 8.04. The van der Waals surface area contributed by atoms with E-state index in [1.165, 1.54) is 6.92 Å². The predicted molar refractivity (Wildman–Crippen MR) is 79.5 cm³/mol. The largest absolute Gasteiger partial charge is 0.481 e. The van der Waals surface area contributed by atoms with E-state index in [1.54, 1.807) is 24.3 Å². The van der Waals surface area contributed by atoms with Crippen molar-refractivity contribution in [3.8, 4) is 0 Å². The molecular formula is C15H20N2O4. The van der Waals surface area contributed by atoms with Crippen LogP contribution in [0.1, 0.15) is 43.5 Å². The van der Waals surface area contributed by atoms with Crippen LogP contribution >= 0.6 is 0 Å². The number of carboxylic acids is 1. The van der Waals surface area contributed by atoms with E-state index in [0.29, 0.717) is 24.1 Å². The molecule has 2 amide bonds. The minimum absolute atomic E-state index is 0.0684. The molecule has 1 unspecified atom stereocenters. The fraction of sp³-hybridized carbons (Fsp3) is 0.400. The Morgan fingerprint density at radius 1 is 1.29 bits per heavy atom. The van der Waals surface area contributed by atoms with Crippen molar-refractivity contribution in [2.45, 2.75) is 39.2 Å². The fourth-order valence-electron chi connectivity index (χ4n) is 1.84. The molecular weight excluding hydrogens is 272 g/mol. The van der Waals surface area contributed by atoms with Gasteiger partial charge in [-0.3, -0.25) is 9.59 Å². The number of hydrogen-bond donors (Lipinski definition) is 3. The summed E-state index contributed by atoms with van der Waals surface area (Å²) >= 11 is 0. The molecule has 0 fully saturated rings. The first kappa shape index (κ1) is 16.7. The maximum absolute atomic E-state index is 11.8. The van der Waals surface area contributed by atoms with E-state index in [0.717, 1.165) is 0 Å². The Hall–Kier alpha value is -2.37. The second-order valence-electron chi connectivity index (χ2n) is 4.92. The second-order valence-corrected chi connectivity index (χ2v) is 4.92. The molecule has 21 heavy (non-hydrogen) atoms. The number of carbonyl (C=O) groups is 3. The lowest BCUT2D eigenvalue weighted by Crippen LogP contribution is -2.36. The average molecular weight is 292 g/mol. The number of amides is 2. The molecule has 6 heteroatoms. The van der Waals surface area contributed by atoms with Crippen LogP contribution in [-0.4, -0.2) is 28.9 Å². The van der Waals surface area contributed by atoms with E-state index in [4.69, 9.17) is 5.11 Å². The van der Waals surface area contributed by atoms with Crippen LogP contribution in [-0.2, 0) is 4.79 Å². The summed E-state index contributed by atoms with van der Waals surface area (Å²) in [4.78, 5) is 33.4. The van der Waals surface area contributed by atoms with Crippen molar-refractivity contribution in [2.24, 2.45) is 0 Å². The van der Waals surface area contributed by atoms with Gasteiger partial charge in [-0.25, -0.2) is 4.79 Å². The van der Waals surface area contributed by atoms with Gasteiger partial charge in [0.1, 0.15) is 0 Å². The first-order valence-electron chi connectivity index (χ1n) is 6.79. The van der Waals surface area contributed by atoms with Crippen molar-refractivity contribution >= 4 is 23.5 Å². The maximum atomic E-state index is 11.8. The highest BCUT2D eigenvalue weighted by Gasteiger charge is 2.09. The monoisotopic (exact) mass is 292 g/mol. The van der Waals surface area contributed by atoms with Gasteiger partial charge in [0.2, 0.25) is 0 Å². The van der Waals surface area contributed by atoms with Gasteiger partial charge in [-0.1, -0.05) is 12.1 Å². The zero-order chi connectivity index (χ0) is 15.8. The molecule has 1 aromatic carbocycles. The highest BCUT2D eigenvalue weighted by atomic mass is 16.4. The SMILES string of the molecule is CC(=O)c1cccc(NC(=O)NC(C)CCCC(=O)O)c1. The lowest BCUT2D eigenvalue weighted by atomic mass is 10.1. The smallest absolute Gasteiger partial charge is 0.319 e. The first-order chi connectivity index (χ1) is 9.88. The molecule has 0 heterocycles. The average Bonchev–Trinajstić information content (AvgIpc) is 2.38. The molecule has 114 valence electrons. The molecule has 0 aromatic heterocycles. The Bertz CT molecular complexity index is 528. The molecule has 6 nitrogen and oxygen atoms in total. The molecule has 0 radical (unpaired) electrons. The van der Waals surface area contributed by atoms with E-state index < -0.39 is 5.97 Å². The highest BCUT2D eigenvalue weighted by molar-refractivity contribution is 5.96. The van der Waals surface area contributed by atoms with Gasteiger partial charge in [-0.05, 0) is 38.8 Å². The Labute approximate surface area is 123 Å². The molecule has 0 aliphatic rings. The molecule has 1 rings (SSSR count). The molecule has 3 N–H and O–H groups in total. The lowest BCUT2D eigenvalue weighted by Gasteiger charge is -2.14. The third kappa shape index (κ3) is 6.56. The third-order valence-corrected chi connectivity index (χ3v) is 2.93. The number of Topliss-reactive ketones (excluding diaryl/α,β-unsaturated/α-hetero) is 1. The van der Waals surface area contributed by atoms with Gasteiger partial charge in [0.15, 0.2) is 5.78 Å². The number of ketones is 1. The number of carboxylic acid groups (broad SMARTS) is 1. The lowest BCUT2D eigenvalue weighted by molar-refractivity contribution is -0.137. The number of nitrogens with one attached hydrogen (secondary N) is 2. The van der Waals surface area contributed by atoms with Gasteiger partial charge in [-0.15, -0.1) is 0 Å². The van der Waals surface area contributed by atoms with Crippen molar-refractivity contribution in [1.82, 2.24) is 5.32 Å². The summed E-state index contributed by atoms with van der Waals surface area (Å²) in [6.45, 7) is 3.27. The number of aliphatic carboxylic acids is 1. The van der Waals surface area contributed by atoms with Crippen molar-refractivity contribution in [2.75, 3.05) is 5.32 Å². The van der Waals surface area contributed by atoms with Gasteiger partial charge >= 0.3 is 12.0 Å². The summed E-state index contributed by atoms with van der Waals surface area (Å²) in [7, 11) is 0. The van der Waals surface area contributed by atoms with Gasteiger partial charge in [0.25, 0.3) is 0 Å². The number of rotatable bonds is 7. The standard InChI is InChI=1S/C15H20N2O4/c1-10(5-3-8-14(19)20)16-15(21)17-13-7-4-6-12(9-13)11(2)18/h4,6-7,9-10H,3,5,8H2,1-2H3,(H,19,20)(H2,16,17,21). The molecule has 0 bridgehead atoms. The summed E-state index contributed by atoms with van der Waals surface area (Å²) < 4.78 is 0. The Morgan fingerprint density at radius 2 is 2.00 bits per heavy atom. The van der Waals surface area contributed by atoms with E-state index in [-0.39, 0.29) is 24.3 Å². The number of urea groups is 1. The van der Waals surface area contributed by atoms with Crippen LogP contribution in [0.4, 0.5) is 10.5 Å². The number of carbonyl (C=O) groups excluding carboxylic acids is 2. The summed E-state index contributed by atoms with van der Waals surface area (Å²) in [5.41, 5.74) is 1.07. The molecule has 0 spiro atoms. The van der Waals surface area contributed by atoms with Crippen LogP contribution < -0.4 is 10.6 Å². The quantitative estimate of drug-likeness (QED) is 0.673. The third-order valence-electron chi connectivity index (χ3n) is 2.93. The van der Waals surface area contributed by atoms with E-state index >= 15 is 0 Å². The van der Waals surface area contributed by atoms with E-state index in [1.807, 2.05) is 6.92 Å². The maximum Gasteiger partial charge on any atom is 0.319 e. The van der Waals surface area contributed by atoms with Crippen LogP contribution in [0.25, 0.3) is 0 Å². The Morgan fingerprint density at radius 3 is 2.62 bits per heavy atom. The molecule has 0 aliphatic heterocycles. The van der Waals surface area contributed by atoms with Gasteiger partial charge in [-0.2, -0.15) is 0 Å². The zero-order valence-corrected chi connectivity index (χ0v) is 12.2. The summed E-state index contributed by atoms with van der Waals surface area (Å²) in [5.74, 6) is -0.909. The highest BCUT2D eigenvalue weighted by Crippen LogP contribution is 2.11. The number of hydrogen-bond acceptors (Lipinski definition) is 3. The topological polar surface area (TPSA) is 95.5 Å². The van der Waals surface area contributed by atoms with Gasteiger partial charge in [0.05, 0.1) is 0 Å². The minimum atomic E-state index is -0.840. The normalized spacial score (nSPS) is 11.5. The predicted octanol–water partition coefficient (Wildman–Crippen LogP) is 2.65. The Kier molecular flexibility index (Phi) is 6.39. The molecule has 0 saturated heterocycles. The first-order valence-corrected chi connectivity index (χ1v) is 6.79. The van der Waals surface area contributed by atoms with Crippen molar-refractivity contribution in [3.05, 3.63) is 29.8 Å². The summed E-state index contributed by atoms with van der Waals surface area (Å²) in [6, 6.07) is 6.18. The molecule has 0 saturated carbocycles. The Balaban J connectivity index is 2.44. The number of anilines is 1. The molecule has 1 aromatic rings. The fourth-order valence-corrected chi connectivity index (χ4v) is 1.84. The van der Waals surface area contributed by atoms with Crippen LogP contribution in [0.15, 0.2) is 24.3 Å². The summed E-state index contributed by atoms with van der Waals surface area (Å²) in [6.07, 6.45) is 1.19. The van der Waals surface area contributed by atoms with Crippen molar-refractivity contribution < 1.29 is 19.5 Å². The van der Waals surface area contributed by atoms with Crippen LogP contribution in [0.3, 0.4) is 0 Å². The summed E-state index contributed by atoms with van der Waals surface area (Å²) in [5, 5.41) is 13.9. The van der Waals surface area contributed by atoms with Crippen molar-refractivity contribution in [1.29, 1.82) is 0 Å².